The van der Waals surface area contributed by atoms with Gasteiger partial charge in [-0.1, -0.05) is 32.0 Å². The maximum absolute atomic E-state index is 13.9. The van der Waals surface area contributed by atoms with Crippen molar-refractivity contribution in [3.05, 3.63) is 58.9 Å². The monoisotopic (exact) mass is 373 g/mol. The molecule has 0 saturated carbocycles. The first-order valence-corrected chi connectivity index (χ1v) is 9.41. The van der Waals surface area contributed by atoms with Crippen LogP contribution in [0.3, 0.4) is 0 Å². The molecule has 0 aliphatic carbocycles. The zero-order chi connectivity index (χ0) is 20.0. The maximum Gasteiger partial charge on any atom is 0.279 e. The molecule has 146 valence electrons. The van der Waals surface area contributed by atoms with E-state index in [1.807, 2.05) is 32.0 Å². The summed E-state index contributed by atoms with van der Waals surface area (Å²) in [7, 11) is 1.45. The average Bonchev–Trinajstić information content (AvgIpc) is 2.62. The van der Waals surface area contributed by atoms with Crippen molar-refractivity contribution in [3.8, 4) is 5.75 Å². The van der Waals surface area contributed by atoms with Gasteiger partial charge in [-0.15, -0.1) is 0 Å². The first-order chi connectivity index (χ1) is 12.8. The number of methoxy groups -OCH3 is 1. The van der Waals surface area contributed by atoms with Crippen LogP contribution in [-0.4, -0.2) is 26.1 Å². The fraction of sp³-hybridized carbons (Fsp3) is 0.409. The lowest BCUT2D eigenvalue weighted by atomic mass is 9.98. The van der Waals surface area contributed by atoms with Gasteiger partial charge in [-0.2, -0.15) is 0 Å². The van der Waals surface area contributed by atoms with E-state index in [0.29, 0.717) is 19.0 Å². The molecule has 0 saturated heterocycles. The third kappa shape index (κ3) is 5.54. The molecule has 2 aromatic carbocycles. The highest BCUT2D eigenvalue weighted by molar-refractivity contribution is 5.93. The highest BCUT2D eigenvalue weighted by atomic mass is 19.1. The molecule has 0 heterocycles. The highest BCUT2D eigenvalue weighted by Crippen LogP contribution is 2.27. The molecule has 1 amide bonds. The number of halogens is 1. The van der Waals surface area contributed by atoms with Gasteiger partial charge in [-0.25, -0.2) is 4.39 Å². The van der Waals surface area contributed by atoms with Gasteiger partial charge in [0.15, 0.2) is 18.1 Å². The fourth-order valence-electron chi connectivity index (χ4n) is 3.17. The van der Waals surface area contributed by atoms with Crippen LogP contribution in [0.4, 0.5) is 10.1 Å². The van der Waals surface area contributed by atoms with Crippen LogP contribution < -0.4 is 15.0 Å². The number of benzene rings is 2. The van der Waals surface area contributed by atoms with Gasteiger partial charge in [0.2, 0.25) is 0 Å². The maximum atomic E-state index is 13.9. The van der Waals surface area contributed by atoms with E-state index < -0.39 is 0 Å². The van der Waals surface area contributed by atoms with Crippen LogP contribution >= 0.6 is 0 Å². The van der Waals surface area contributed by atoms with Crippen LogP contribution in [0.5, 0.6) is 5.75 Å². The SMILES string of the molecule is CC[NH+](CC(=O)Nc1c(C)cccc1C(C)C)Cc1ccc(OC)c(F)c1. The molecule has 0 aromatic heterocycles. The van der Waals surface area contributed by atoms with E-state index in [-0.39, 0.29) is 17.5 Å². The number of hydrogen-bond acceptors (Lipinski definition) is 2. The summed E-state index contributed by atoms with van der Waals surface area (Å²) in [6.07, 6.45) is 0. The topological polar surface area (TPSA) is 42.8 Å². The van der Waals surface area contributed by atoms with E-state index in [1.54, 1.807) is 6.07 Å². The van der Waals surface area contributed by atoms with Crippen molar-refractivity contribution >= 4 is 11.6 Å². The summed E-state index contributed by atoms with van der Waals surface area (Å²) in [6, 6.07) is 11.0. The Balaban J connectivity index is 2.06. The summed E-state index contributed by atoms with van der Waals surface area (Å²) in [4.78, 5) is 13.7. The average molecular weight is 373 g/mol. The predicted octanol–water partition coefficient (Wildman–Crippen LogP) is 3.31. The summed E-state index contributed by atoms with van der Waals surface area (Å²) in [5.41, 5.74) is 3.95. The number of carbonyl (C=O) groups excluding carboxylic acids is 1. The van der Waals surface area contributed by atoms with Crippen molar-refractivity contribution < 1.29 is 18.8 Å². The second kappa shape index (κ2) is 9.51. The molecule has 2 aromatic rings. The van der Waals surface area contributed by atoms with Crippen LogP contribution in [0.2, 0.25) is 0 Å². The Kier molecular flexibility index (Phi) is 7.36. The van der Waals surface area contributed by atoms with Crippen LogP contribution in [0.15, 0.2) is 36.4 Å². The number of likely N-dealkylation sites (N-methyl/N-ethyl adjacent to an activating group) is 1. The number of rotatable bonds is 8. The lowest BCUT2D eigenvalue weighted by molar-refractivity contribution is -0.903. The molecule has 0 spiro atoms. The largest absolute Gasteiger partial charge is 0.494 e. The molecule has 0 radical (unpaired) electrons. The van der Waals surface area contributed by atoms with Gasteiger partial charge in [0.1, 0.15) is 6.54 Å². The highest BCUT2D eigenvalue weighted by Gasteiger charge is 2.17. The number of hydrogen-bond donors (Lipinski definition) is 2. The van der Waals surface area contributed by atoms with Crippen molar-refractivity contribution in [2.45, 2.75) is 40.2 Å². The smallest absolute Gasteiger partial charge is 0.279 e. The number of quaternary nitrogens is 1. The third-order valence-corrected chi connectivity index (χ3v) is 4.77. The Hall–Kier alpha value is -2.40. The van der Waals surface area contributed by atoms with Crippen LogP contribution in [-0.2, 0) is 11.3 Å². The van der Waals surface area contributed by atoms with Gasteiger partial charge in [-0.05, 0) is 49.1 Å². The van der Waals surface area contributed by atoms with Gasteiger partial charge in [0.05, 0.1) is 13.7 Å². The first-order valence-electron chi connectivity index (χ1n) is 9.41. The fourth-order valence-corrected chi connectivity index (χ4v) is 3.17. The van der Waals surface area contributed by atoms with Gasteiger partial charge < -0.3 is 15.0 Å². The molecule has 27 heavy (non-hydrogen) atoms. The van der Waals surface area contributed by atoms with Crippen LogP contribution in [0.1, 0.15) is 43.4 Å². The molecule has 0 aliphatic heterocycles. The molecule has 5 heteroatoms. The summed E-state index contributed by atoms with van der Waals surface area (Å²) < 4.78 is 18.9. The Morgan fingerprint density at radius 1 is 1.26 bits per heavy atom. The lowest BCUT2D eigenvalue weighted by Crippen LogP contribution is -3.11. The molecule has 0 bridgehead atoms. The molecule has 2 rings (SSSR count). The Labute approximate surface area is 161 Å². The number of aryl methyl sites for hydroxylation is 1. The minimum absolute atomic E-state index is 0.0305. The zero-order valence-electron chi connectivity index (χ0n) is 16.9. The number of carbonyl (C=O) groups is 1. The zero-order valence-corrected chi connectivity index (χ0v) is 16.9. The van der Waals surface area contributed by atoms with Gasteiger partial charge in [-0.3, -0.25) is 4.79 Å². The predicted molar refractivity (Wildman–Crippen MR) is 107 cm³/mol. The summed E-state index contributed by atoms with van der Waals surface area (Å²) >= 11 is 0. The van der Waals surface area contributed by atoms with Gasteiger partial charge >= 0.3 is 0 Å². The number of anilines is 1. The summed E-state index contributed by atoms with van der Waals surface area (Å²) in [6.45, 7) is 9.94. The second-order valence-electron chi connectivity index (χ2n) is 7.17. The number of para-hydroxylation sites is 1. The normalized spacial score (nSPS) is 12.1. The van der Waals surface area contributed by atoms with E-state index >= 15 is 0 Å². The van der Waals surface area contributed by atoms with E-state index in [4.69, 9.17) is 4.74 Å². The van der Waals surface area contributed by atoms with E-state index in [0.717, 1.165) is 33.8 Å². The summed E-state index contributed by atoms with van der Waals surface area (Å²) in [5.74, 6) is 0.154. The van der Waals surface area contributed by atoms with E-state index in [1.165, 1.54) is 13.2 Å². The quantitative estimate of drug-likeness (QED) is 0.746. The van der Waals surface area contributed by atoms with E-state index in [9.17, 15) is 9.18 Å². The summed E-state index contributed by atoms with van der Waals surface area (Å²) in [5, 5.41) is 3.09. The van der Waals surface area contributed by atoms with Gasteiger partial charge in [0.25, 0.3) is 5.91 Å². The minimum atomic E-state index is -0.378. The third-order valence-electron chi connectivity index (χ3n) is 4.77. The second-order valence-corrected chi connectivity index (χ2v) is 7.17. The van der Waals surface area contributed by atoms with Crippen molar-refractivity contribution in [2.24, 2.45) is 0 Å². The number of ether oxygens (including phenoxy) is 1. The Morgan fingerprint density at radius 3 is 2.59 bits per heavy atom. The van der Waals surface area contributed by atoms with Crippen LogP contribution in [0, 0.1) is 12.7 Å². The molecular weight excluding hydrogens is 343 g/mol. The van der Waals surface area contributed by atoms with Crippen LogP contribution in [0.25, 0.3) is 0 Å². The molecule has 2 N–H and O–H groups in total. The van der Waals surface area contributed by atoms with E-state index in [2.05, 4.69) is 25.2 Å². The number of nitrogens with one attached hydrogen (secondary N) is 2. The molecule has 0 aliphatic rings. The van der Waals surface area contributed by atoms with Crippen molar-refractivity contribution in [2.75, 3.05) is 25.5 Å². The van der Waals surface area contributed by atoms with Crippen molar-refractivity contribution in [3.63, 3.8) is 0 Å². The molecule has 1 unspecified atom stereocenters. The standard InChI is InChI=1S/C22H29FN2O2/c1-6-25(13-17-10-11-20(27-5)19(23)12-17)14-21(26)24-22-16(4)8-7-9-18(22)15(2)3/h7-12,15H,6,13-14H2,1-5H3,(H,24,26)/p+1. The van der Waals surface area contributed by atoms with Crippen molar-refractivity contribution in [1.82, 2.24) is 0 Å². The van der Waals surface area contributed by atoms with Gasteiger partial charge in [0, 0.05) is 11.3 Å². The Morgan fingerprint density at radius 2 is 2.00 bits per heavy atom. The lowest BCUT2D eigenvalue weighted by Gasteiger charge is -2.20. The minimum Gasteiger partial charge on any atom is -0.494 e. The molecule has 1 atom stereocenters. The molecule has 0 fully saturated rings. The van der Waals surface area contributed by atoms with Crippen molar-refractivity contribution in [1.29, 1.82) is 0 Å². The number of amides is 1. The molecule has 4 nitrogen and oxygen atoms in total. The molecular formula is C22H30FN2O2+. The Bertz CT molecular complexity index is 790. The first kappa shape index (κ1) is 20.9.